The summed E-state index contributed by atoms with van der Waals surface area (Å²) < 4.78 is 6.82. The Hall–Kier alpha value is -6.32. The van der Waals surface area contributed by atoms with Crippen LogP contribution in [0.1, 0.15) is 35.1 Å². The molecule has 0 bridgehead atoms. The quantitative estimate of drug-likeness (QED) is 0.192. The molecule has 1 spiro atoms. The molecule has 7 aromatic rings. The van der Waals surface area contributed by atoms with E-state index in [0.717, 1.165) is 52.4 Å². The van der Waals surface area contributed by atoms with Crippen LogP contribution >= 0.6 is 0 Å². The van der Waals surface area contributed by atoms with Crippen LogP contribution < -0.4 is 4.74 Å². The monoisotopic (exact) mass is 640 g/mol. The van der Waals surface area contributed by atoms with E-state index in [2.05, 4.69) is 146 Å². The Bertz CT molecular complexity index is 2500. The van der Waals surface area contributed by atoms with Crippen molar-refractivity contribution in [2.45, 2.75) is 18.3 Å². The summed E-state index contributed by atoms with van der Waals surface area (Å²) in [7, 11) is 0. The average Bonchev–Trinajstić information content (AvgIpc) is 3.49. The zero-order chi connectivity index (χ0) is 33.1. The van der Waals surface area contributed by atoms with Gasteiger partial charge < -0.3 is 4.74 Å². The van der Waals surface area contributed by atoms with Gasteiger partial charge in [-0.05, 0) is 64.4 Å². The highest BCUT2D eigenvalue weighted by molar-refractivity contribution is 5.92. The zero-order valence-corrected chi connectivity index (χ0v) is 27.4. The maximum absolute atomic E-state index is 6.82. The van der Waals surface area contributed by atoms with Crippen molar-refractivity contribution in [2.75, 3.05) is 0 Å². The van der Waals surface area contributed by atoms with Gasteiger partial charge >= 0.3 is 0 Å². The Balaban J connectivity index is 1.15. The zero-order valence-electron chi connectivity index (χ0n) is 27.4. The lowest BCUT2D eigenvalue weighted by Crippen LogP contribution is -2.33. The molecule has 0 saturated heterocycles. The number of aromatic nitrogens is 2. The third-order valence-electron chi connectivity index (χ3n) is 10.5. The first-order valence-corrected chi connectivity index (χ1v) is 17.3. The Labute approximate surface area is 291 Å². The first-order chi connectivity index (χ1) is 24.8. The van der Waals surface area contributed by atoms with E-state index in [9.17, 15) is 0 Å². The molecule has 0 N–H and O–H groups in total. The Kier molecular flexibility index (Phi) is 6.53. The number of hydrogen-bond donors (Lipinski definition) is 0. The summed E-state index contributed by atoms with van der Waals surface area (Å²) in [5, 5.41) is 0. The average molecular weight is 641 g/mol. The first-order valence-electron chi connectivity index (χ1n) is 17.3. The van der Waals surface area contributed by atoms with Gasteiger partial charge in [0.15, 0.2) is 5.82 Å². The third kappa shape index (κ3) is 4.37. The van der Waals surface area contributed by atoms with Gasteiger partial charge in [0.25, 0.3) is 0 Å². The van der Waals surface area contributed by atoms with Crippen LogP contribution in [0.5, 0.6) is 11.5 Å². The van der Waals surface area contributed by atoms with E-state index in [-0.39, 0.29) is 0 Å². The van der Waals surface area contributed by atoms with Crippen molar-refractivity contribution in [3.63, 3.8) is 0 Å². The summed E-state index contributed by atoms with van der Waals surface area (Å²) in [6.45, 7) is 0. The molecule has 0 amide bonds. The van der Waals surface area contributed by atoms with Crippen molar-refractivity contribution in [1.29, 1.82) is 0 Å². The second kappa shape index (κ2) is 11.4. The number of benzene rings is 6. The molecule has 2 heterocycles. The molecule has 50 heavy (non-hydrogen) atoms. The number of para-hydroxylation sites is 1. The molecule has 0 radical (unpaired) electrons. The molecule has 2 aliphatic carbocycles. The maximum atomic E-state index is 6.82. The van der Waals surface area contributed by atoms with Gasteiger partial charge in [0.2, 0.25) is 0 Å². The van der Waals surface area contributed by atoms with Crippen LogP contribution in [0, 0.1) is 0 Å². The maximum Gasteiger partial charge on any atom is 0.160 e. The molecule has 236 valence electrons. The Morgan fingerprint density at radius 3 is 1.88 bits per heavy atom. The van der Waals surface area contributed by atoms with Gasteiger partial charge in [0, 0.05) is 27.8 Å². The topological polar surface area (TPSA) is 35.0 Å². The first kappa shape index (κ1) is 28.7. The molecule has 0 saturated carbocycles. The summed E-state index contributed by atoms with van der Waals surface area (Å²) >= 11 is 0. The summed E-state index contributed by atoms with van der Waals surface area (Å²) in [5.41, 5.74) is 14.5. The van der Waals surface area contributed by atoms with E-state index in [1.54, 1.807) is 0 Å². The van der Waals surface area contributed by atoms with E-state index in [1.807, 2.05) is 24.3 Å². The van der Waals surface area contributed by atoms with Crippen molar-refractivity contribution in [2.24, 2.45) is 0 Å². The number of ether oxygens (including phenoxy) is 1. The summed E-state index contributed by atoms with van der Waals surface area (Å²) in [4.78, 5) is 10.3. The Morgan fingerprint density at radius 2 is 1.08 bits per heavy atom. The second-order valence-electron chi connectivity index (χ2n) is 13.2. The fourth-order valence-electron chi connectivity index (χ4n) is 8.26. The van der Waals surface area contributed by atoms with Gasteiger partial charge in [0.05, 0.1) is 16.8 Å². The highest BCUT2D eigenvalue weighted by atomic mass is 16.5. The number of hydrogen-bond acceptors (Lipinski definition) is 3. The summed E-state index contributed by atoms with van der Waals surface area (Å²) in [6, 6.07) is 55.6. The van der Waals surface area contributed by atoms with Crippen LogP contribution in [0.2, 0.25) is 0 Å². The molecular weight excluding hydrogens is 609 g/mol. The molecule has 10 rings (SSSR count). The molecule has 6 aromatic carbocycles. The molecular formula is C47H32N2O. The molecule has 1 aromatic heterocycles. The van der Waals surface area contributed by atoms with E-state index in [1.165, 1.54) is 44.5 Å². The van der Waals surface area contributed by atoms with Crippen LogP contribution in [-0.2, 0) is 5.41 Å². The van der Waals surface area contributed by atoms with Gasteiger partial charge in [-0.25, -0.2) is 9.97 Å². The fraction of sp³-hybridized carbons (Fsp3) is 0.0638. The molecule has 3 heteroatoms. The lowest BCUT2D eigenvalue weighted by molar-refractivity contribution is 0.432. The number of allylic oxidation sites excluding steroid dienone is 4. The van der Waals surface area contributed by atoms with Crippen molar-refractivity contribution in [3.05, 3.63) is 198 Å². The standard InChI is InChI=1S/C47H32N2O/c1-3-13-31(14-4-1)32-23-25-33(26-24-32)42-30-43(49-46(48-42)34-15-5-2-6-16-34)35-27-28-41-45(29-35)50-44-22-12-11-21-40(44)47(41)38-19-9-7-17-36(38)37-18-8-10-20-39(37)47/h1-9,11-19,21-30H,10,20H2. The van der Waals surface area contributed by atoms with Gasteiger partial charge in [-0.15, -0.1) is 0 Å². The fourth-order valence-corrected chi connectivity index (χ4v) is 8.26. The highest BCUT2D eigenvalue weighted by Crippen LogP contribution is 2.63. The largest absolute Gasteiger partial charge is 0.457 e. The number of rotatable bonds is 4. The minimum Gasteiger partial charge on any atom is -0.457 e. The Morgan fingerprint density at radius 1 is 0.480 bits per heavy atom. The lowest BCUT2D eigenvalue weighted by atomic mass is 9.64. The number of nitrogens with zero attached hydrogens (tertiary/aromatic N) is 2. The highest BCUT2D eigenvalue weighted by Gasteiger charge is 2.51. The lowest BCUT2D eigenvalue weighted by Gasteiger charge is -2.41. The molecule has 0 fully saturated rings. The number of fused-ring (bicyclic) bond motifs is 8. The molecule has 3 aliphatic rings. The van der Waals surface area contributed by atoms with E-state index < -0.39 is 5.41 Å². The van der Waals surface area contributed by atoms with Gasteiger partial charge in [-0.1, -0.05) is 152 Å². The van der Waals surface area contributed by atoms with E-state index in [4.69, 9.17) is 14.7 Å². The van der Waals surface area contributed by atoms with Crippen LogP contribution in [-0.4, -0.2) is 9.97 Å². The minimum atomic E-state index is -0.411. The normalized spacial score (nSPS) is 16.7. The van der Waals surface area contributed by atoms with E-state index in [0.29, 0.717) is 5.82 Å². The SMILES string of the molecule is C1=CC2=C(CC1)C1(c3ccccc3Oc3cc(-c4cc(-c5ccc(-c6ccccc6)cc5)nc(-c5ccccc5)n4)ccc31)c1ccccc12. The van der Waals surface area contributed by atoms with Gasteiger partial charge in [-0.2, -0.15) is 0 Å². The predicted octanol–water partition coefficient (Wildman–Crippen LogP) is 11.7. The molecule has 1 unspecified atom stereocenters. The van der Waals surface area contributed by atoms with Crippen LogP contribution in [0.15, 0.2) is 175 Å². The van der Waals surface area contributed by atoms with Crippen molar-refractivity contribution in [3.8, 4) is 56.5 Å². The molecule has 1 atom stereocenters. The second-order valence-corrected chi connectivity index (χ2v) is 13.2. The van der Waals surface area contributed by atoms with Gasteiger partial charge in [0.1, 0.15) is 11.5 Å². The minimum absolute atomic E-state index is 0.411. The molecule has 3 nitrogen and oxygen atoms in total. The third-order valence-corrected chi connectivity index (χ3v) is 10.5. The van der Waals surface area contributed by atoms with Crippen LogP contribution in [0.3, 0.4) is 0 Å². The summed E-state index contributed by atoms with van der Waals surface area (Å²) in [6.07, 6.45) is 6.69. The van der Waals surface area contributed by atoms with Crippen molar-refractivity contribution in [1.82, 2.24) is 9.97 Å². The van der Waals surface area contributed by atoms with Crippen LogP contribution in [0.25, 0.3) is 50.6 Å². The van der Waals surface area contributed by atoms with Gasteiger partial charge in [-0.3, -0.25) is 0 Å². The molecule has 1 aliphatic heterocycles. The predicted molar refractivity (Wildman–Crippen MR) is 202 cm³/mol. The van der Waals surface area contributed by atoms with E-state index >= 15 is 0 Å². The summed E-state index contributed by atoms with van der Waals surface area (Å²) in [5.74, 6) is 2.47. The smallest absolute Gasteiger partial charge is 0.160 e. The van der Waals surface area contributed by atoms with Crippen molar-refractivity contribution >= 4 is 5.57 Å². The van der Waals surface area contributed by atoms with Crippen LogP contribution in [0.4, 0.5) is 0 Å². The van der Waals surface area contributed by atoms with Crippen molar-refractivity contribution < 1.29 is 4.74 Å².